The number of carboxylic acids is 1. The molecule has 2 aliphatic heterocycles. The summed E-state index contributed by atoms with van der Waals surface area (Å²) < 4.78 is 52.5. The van der Waals surface area contributed by atoms with E-state index in [4.69, 9.17) is 24.3 Å². The first-order valence-electron chi connectivity index (χ1n) is 11.8. The van der Waals surface area contributed by atoms with Crippen molar-refractivity contribution in [2.75, 3.05) is 18.5 Å². The summed E-state index contributed by atoms with van der Waals surface area (Å²) in [5, 5.41) is 25.5. The number of carbonyl (C=O) groups is 1. The van der Waals surface area contributed by atoms with Crippen molar-refractivity contribution in [2.45, 2.75) is 57.1 Å². The van der Waals surface area contributed by atoms with Gasteiger partial charge in [0.1, 0.15) is 35.0 Å². The molecule has 14 nitrogen and oxygen atoms in total. The number of hydrogen-bond donors (Lipinski definition) is 5. The Morgan fingerprint density at radius 3 is 2.79 bits per heavy atom. The van der Waals surface area contributed by atoms with Gasteiger partial charge in [-0.3, -0.25) is 13.9 Å². The van der Waals surface area contributed by atoms with Crippen LogP contribution < -0.4 is 20.7 Å². The van der Waals surface area contributed by atoms with Crippen molar-refractivity contribution >= 4 is 25.5 Å². The molecule has 38 heavy (non-hydrogen) atoms. The van der Waals surface area contributed by atoms with Gasteiger partial charge in [-0.1, -0.05) is 18.2 Å². The molecule has 1 aromatic carbocycles. The quantitative estimate of drug-likeness (QED) is 0.253. The summed E-state index contributed by atoms with van der Waals surface area (Å²) in [6.45, 7) is 3.95. The Morgan fingerprint density at radius 2 is 2.13 bits per heavy atom. The molecule has 16 heteroatoms. The van der Waals surface area contributed by atoms with Crippen LogP contribution in [0.5, 0.6) is 5.75 Å². The number of nitrogens with one attached hydrogen (secondary N) is 2. The van der Waals surface area contributed by atoms with Gasteiger partial charge >= 0.3 is 13.7 Å². The van der Waals surface area contributed by atoms with E-state index in [2.05, 4.69) is 20.4 Å². The molecule has 0 radical (unpaired) electrons. The Bertz CT molecular complexity index is 1230. The minimum Gasteiger partial charge on any atom is -0.480 e. The highest BCUT2D eigenvalue weighted by atomic mass is 31.2. The number of aliphatic carboxylic acids is 1. The highest BCUT2D eigenvalue weighted by Crippen LogP contribution is 2.48. The number of halogens is 1. The number of imidazole rings is 1. The van der Waals surface area contributed by atoms with Gasteiger partial charge in [0.25, 0.3) is 0 Å². The molecule has 0 amide bonds. The van der Waals surface area contributed by atoms with Crippen LogP contribution in [0.2, 0.25) is 0 Å². The number of aliphatic hydroxyl groups is 1. The van der Waals surface area contributed by atoms with Crippen molar-refractivity contribution in [3.63, 3.8) is 0 Å². The van der Waals surface area contributed by atoms with Crippen LogP contribution in [0.25, 0.3) is 0 Å². The lowest BCUT2D eigenvalue weighted by Crippen LogP contribution is -2.42. The van der Waals surface area contributed by atoms with Crippen LogP contribution in [0.1, 0.15) is 38.9 Å². The van der Waals surface area contributed by atoms with Crippen molar-refractivity contribution in [1.29, 1.82) is 0 Å². The van der Waals surface area contributed by atoms with Gasteiger partial charge < -0.3 is 35.3 Å². The molecule has 4 rings (SSSR count). The third-order valence-electron chi connectivity index (χ3n) is 5.92. The summed E-state index contributed by atoms with van der Waals surface area (Å²) in [6.07, 6.45) is -4.20. The van der Waals surface area contributed by atoms with Gasteiger partial charge in [-0.15, -0.1) is 0 Å². The molecule has 1 fully saturated rings. The normalized spacial score (nSPS) is 29.0. The lowest BCUT2D eigenvalue weighted by Gasteiger charge is -2.28. The number of para-hydroxylation sites is 1. The third-order valence-corrected chi connectivity index (χ3v) is 7.57. The summed E-state index contributed by atoms with van der Waals surface area (Å²) in [6, 6.07) is 6.61. The van der Waals surface area contributed by atoms with Gasteiger partial charge in [0, 0.05) is 6.61 Å². The molecule has 3 unspecified atom stereocenters. The Balaban J connectivity index is 1.54. The van der Waals surface area contributed by atoms with Gasteiger partial charge in [0.15, 0.2) is 24.6 Å². The number of nitrogens with zero attached hydrogens (tertiary/aromatic N) is 3. The van der Waals surface area contributed by atoms with Gasteiger partial charge in [0.2, 0.25) is 0 Å². The molecule has 6 N–H and O–H groups in total. The van der Waals surface area contributed by atoms with Crippen molar-refractivity contribution < 1.29 is 42.5 Å². The number of benzene rings is 1. The molecule has 0 aliphatic carbocycles. The average molecular weight is 556 g/mol. The summed E-state index contributed by atoms with van der Waals surface area (Å²) in [5.74, 6) is -0.844. The molecule has 0 bridgehead atoms. The van der Waals surface area contributed by atoms with E-state index in [-0.39, 0.29) is 11.7 Å². The highest BCUT2D eigenvalue weighted by molar-refractivity contribution is 7.52. The van der Waals surface area contributed by atoms with E-state index in [9.17, 15) is 19.6 Å². The number of guanidine groups is 1. The molecule has 1 saturated heterocycles. The number of ether oxygens (including phenoxy) is 2. The standard InChI is InChI=1S/C22H30FN6O8P/c1-4-34-18-15-17(26-21(24)27-18)29(11-25-15)20-22(3,32)16(23)14(36-20)10-35-38(33,28-12(2)19(30)31)37-13-8-6-5-7-9-13/h5-9,11-12,14,16,18,20,32H,4,10H2,1-3H3,(H,28,33)(H,30,31)(H3,24,26,27)/t12?,14-,16-,18?,20-,22-,38?/m1/s1. The fourth-order valence-corrected chi connectivity index (χ4v) is 5.51. The zero-order valence-corrected chi connectivity index (χ0v) is 21.7. The maximum absolute atomic E-state index is 15.5. The van der Waals surface area contributed by atoms with Crippen LogP contribution in [0.15, 0.2) is 41.7 Å². The summed E-state index contributed by atoms with van der Waals surface area (Å²) in [4.78, 5) is 19.8. The molecule has 3 heterocycles. The topological polar surface area (TPSA) is 192 Å². The SMILES string of the molecule is CCOC1N=C(N)Nc2c1ncn2[C@@H]1O[C@H](COP(=O)(NC(C)C(=O)O)Oc2ccccc2)[C@@H](F)[C@@]1(C)O. The lowest BCUT2D eigenvalue weighted by molar-refractivity contribution is -0.138. The smallest absolute Gasteiger partial charge is 0.459 e. The number of nitrogens with two attached hydrogens (primary N) is 1. The lowest BCUT2D eigenvalue weighted by atomic mass is 9.98. The number of aromatic nitrogens is 2. The molecule has 1 aromatic heterocycles. The van der Waals surface area contributed by atoms with Crippen LogP contribution in [-0.2, 0) is 23.4 Å². The Morgan fingerprint density at radius 1 is 1.42 bits per heavy atom. The van der Waals surface area contributed by atoms with Crippen molar-refractivity contribution in [3.05, 3.63) is 42.4 Å². The third kappa shape index (κ3) is 5.67. The molecule has 2 aliphatic rings. The molecule has 2 aromatic rings. The minimum absolute atomic E-state index is 0.0321. The molecular formula is C22H30FN6O8P. The minimum atomic E-state index is -4.33. The number of anilines is 1. The second-order valence-corrected chi connectivity index (χ2v) is 10.6. The van der Waals surface area contributed by atoms with Gasteiger partial charge in [0.05, 0.1) is 12.9 Å². The van der Waals surface area contributed by atoms with Gasteiger partial charge in [-0.25, -0.2) is 18.9 Å². The molecule has 208 valence electrons. The Labute approximate surface area is 217 Å². The second-order valence-electron chi connectivity index (χ2n) is 8.87. The van der Waals surface area contributed by atoms with Crippen LogP contribution >= 0.6 is 7.75 Å². The average Bonchev–Trinajstić information content (AvgIpc) is 3.36. The number of carboxylic acid groups (broad SMARTS) is 1. The van der Waals surface area contributed by atoms with E-state index in [1.54, 1.807) is 25.1 Å². The van der Waals surface area contributed by atoms with E-state index in [1.165, 1.54) is 36.9 Å². The largest absolute Gasteiger partial charge is 0.480 e. The number of hydrogen-bond acceptors (Lipinski definition) is 11. The number of fused-ring (bicyclic) bond motifs is 1. The van der Waals surface area contributed by atoms with E-state index >= 15 is 4.39 Å². The maximum atomic E-state index is 15.5. The summed E-state index contributed by atoms with van der Waals surface area (Å²) in [7, 11) is -4.33. The fraction of sp³-hybridized carbons (Fsp3) is 0.500. The van der Waals surface area contributed by atoms with Crippen LogP contribution in [0.3, 0.4) is 0 Å². The number of aliphatic imine (C=N–C) groups is 1. The van der Waals surface area contributed by atoms with E-state index in [1.807, 2.05) is 0 Å². The molecular weight excluding hydrogens is 526 g/mol. The number of alkyl halides is 1. The van der Waals surface area contributed by atoms with E-state index in [0.717, 1.165) is 0 Å². The van der Waals surface area contributed by atoms with E-state index < -0.39 is 56.7 Å². The first-order chi connectivity index (χ1) is 17.9. The van der Waals surface area contributed by atoms with Gasteiger partial charge in [-0.05, 0) is 32.9 Å². The first kappa shape index (κ1) is 28.0. The van der Waals surface area contributed by atoms with Crippen molar-refractivity contribution in [2.24, 2.45) is 10.7 Å². The predicted molar refractivity (Wildman–Crippen MR) is 132 cm³/mol. The monoisotopic (exact) mass is 556 g/mol. The van der Waals surface area contributed by atoms with Gasteiger partial charge in [-0.2, -0.15) is 5.09 Å². The second kappa shape index (κ2) is 11.0. The Kier molecular flexibility index (Phi) is 8.06. The van der Waals surface area contributed by atoms with Crippen LogP contribution in [0, 0.1) is 0 Å². The Hall–Kier alpha value is -3.07. The van der Waals surface area contributed by atoms with Crippen molar-refractivity contribution in [3.8, 4) is 5.75 Å². The molecule has 7 atom stereocenters. The zero-order chi connectivity index (χ0) is 27.7. The maximum Gasteiger partial charge on any atom is 0.459 e. The highest BCUT2D eigenvalue weighted by Gasteiger charge is 2.56. The summed E-state index contributed by atoms with van der Waals surface area (Å²) >= 11 is 0. The fourth-order valence-electron chi connectivity index (χ4n) is 4.01. The molecule has 0 spiro atoms. The first-order valence-corrected chi connectivity index (χ1v) is 13.3. The van der Waals surface area contributed by atoms with Crippen LogP contribution in [0.4, 0.5) is 10.2 Å². The molecule has 0 saturated carbocycles. The zero-order valence-electron chi connectivity index (χ0n) is 20.9. The van der Waals surface area contributed by atoms with Crippen LogP contribution in [-0.4, -0.2) is 68.8 Å². The van der Waals surface area contributed by atoms with E-state index in [0.29, 0.717) is 18.1 Å². The number of rotatable bonds is 11. The summed E-state index contributed by atoms with van der Waals surface area (Å²) in [5.41, 5.74) is 4.15. The van der Waals surface area contributed by atoms with Crippen molar-refractivity contribution in [1.82, 2.24) is 14.6 Å². The predicted octanol–water partition coefficient (Wildman–Crippen LogP) is 1.91.